The van der Waals surface area contributed by atoms with Gasteiger partial charge in [-0.25, -0.2) is 0 Å². The summed E-state index contributed by atoms with van der Waals surface area (Å²) in [7, 11) is 0. The average molecular weight is 204 g/mol. The normalized spacial score (nSPS) is 9.25. The van der Waals surface area contributed by atoms with Crippen molar-refractivity contribution in [2.75, 3.05) is 0 Å². The molecule has 3 heteroatoms. The molecule has 0 radical (unpaired) electrons. The number of carboxylic acids is 1. The molecule has 0 aliphatic heterocycles. The molecule has 2 rings (SSSR count). The number of rotatable bonds is 2. The van der Waals surface area contributed by atoms with Crippen molar-refractivity contribution in [1.82, 2.24) is 0 Å². The molecule has 0 aliphatic rings. The van der Waals surface area contributed by atoms with Crippen molar-refractivity contribution in [3.05, 3.63) is 60.2 Å². The van der Waals surface area contributed by atoms with E-state index in [9.17, 15) is 9.90 Å². The molecule has 2 nitrogen and oxygen atoms in total. The molecule has 0 bridgehead atoms. The Balaban J connectivity index is 0.00000128. The van der Waals surface area contributed by atoms with E-state index >= 15 is 0 Å². The van der Waals surface area contributed by atoms with Crippen LogP contribution >= 0.6 is 0 Å². The molecule has 0 aromatic heterocycles. The Bertz CT molecular complexity index is 480. The van der Waals surface area contributed by atoms with Crippen LogP contribution in [0.1, 0.15) is 10.4 Å². The third kappa shape index (κ3) is 2.55. The first-order valence-corrected chi connectivity index (χ1v) is 4.65. The van der Waals surface area contributed by atoms with E-state index in [1.807, 2.05) is 36.4 Å². The van der Waals surface area contributed by atoms with Gasteiger partial charge in [-0.2, -0.15) is 0 Å². The van der Waals surface area contributed by atoms with Crippen LogP contribution in [-0.2, 0) is 0 Å². The molecule has 0 aliphatic carbocycles. The molecule has 0 fully saturated rings. The van der Waals surface area contributed by atoms with Crippen molar-refractivity contribution < 1.29 is 28.8 Å². The molecule has 2 aromatic carbocycles. The summed E-state index contributed by atoms with van der Waals surface area (Å²) in [6.45, 7) is 0. The van der Waals surface area contributed by atoms with Crippen LogP contribution in [0.25, 0.3) is 11.1 Å². The van der Waals surface area contributed by atoms with Crippen LogP contribution in [0.2, 0.25) is 0 Å². The van der Waals surface area contributed by atoms with Gasteiger partial charge in [-0.1, -0.05) is 54.6 Å². The maximum atomic E-state index is 10.9. The molecule has 0 heterocycles. The first kappa shape index (κ1) is 12.6. The van der Waals surface area contributed by atoms with Crippen molar-refractivity contribution >= 4 is 5.97 Å². The van der Waals surface area contributed by atoms with E-state index in [4.69, 9.17) is 0 Å². The number of hydrogen-bond acceptors (Lipinski definition) is 2. The molecule has 2 aromatic rings. The van der Waals surface area contributed by atoms with Crippen molar-refractivity contribution in [2.24, 2.45) is 0 Å². The summed E-state index contributed by atoms with van der Waals surface area (Å²) < 4.78 is 0. The minimum Gasteiger partial charge on any atom is -0.545 e. The van der Waals surface area contributed by atoms with E-state index in [1.165, 1.54) is 0 Å². The second kappa shape index (κ2) is 5.55. The number of hydrogen-bond donors (Lipinski definition) is 0. The van der Waals surface area contributed by atoms with E-state index in [-0.39, 0.29) is 24.4 Å². The number of carbonyl (C=O) groups excluding carboxylic acids is 1. The Kier molecular flexibility index (Phi) is 4.36. The van der Waals surface area contributed by atoms with Crippen LogP contribution in [0.4, 0.5) is 0 Å². The third-order valence-electron chi connectivity index (χ3n) is 2.23. The summed E-state index contributed by atoms with van der Waals surface area (Å²) in [6.07, 6.45) is 0. The number of carboxylic acid groups (broad SMARTS) is 1. The quantitative estimate of drug-likeness (QED) is 0.572. The minimum absolute atomic E-state index is 0. The Morgan fingerprint density at radius 1 is 0.875 bits per heavy atom. The van der Waals surface area contributed by atoms with Crippen molar-refractivity contribution in [2.45, 2.75) is 0 Å². The zero-order valence-corrected chi connectivity index (χ0v) is 9.01. The van der Waals surface area contributed by atoms with Crippen LogP contribution in [0.5, 0.6) is 0 Å². The monoisotopic (exact) mass is 204 g/mol. The molecular formula is C13H9LiO2. The second-order valence-corrected chi connectivity index (χ2v) is 3.20. The molecule has 0 saturated heterocycles. The maximum Gasteiger partial charge on any atom is 1.00 e. The van der Waals surface area contributed by atoms with Crippen molar-refractivity contribution in [1.29, 1.82) is 0 Å². The molecule has 0 unspecified atom stereocenters. The Labute approximate surface area is 106 Å². The summed E-state index contributed by atoms with van der Waals surface area (Å²) in [6, 6.07) is 16.2. The van der Waals surface area contributed by atoms with Crippen LogP contribution in [0, 0.1) is 0 Å². The van der Waals surface area contributed by atoms with Gasteiger partial charge in [0.15, 0.2) is 0 Å². The SMILES string of the molecule is O=C([O-])c1ccccc1-c1ccccc1.[Li+]. The van der Waals surface area contributed by atoms with Gasteiger partial charge in [0.25, 0.3) is 0 Å². The van der Waals surface area contributed by atoms with Gasteiger partial charge >= 0.3 is 18.9 Å². The predicted octanol–water partition coefficient (Wildman–Crippen LogP) is -1.28. The largest absolute Gasteiger partial charge is 1.00 e. The van der Waals surface area contributed by atoms with E-state index in [0.29, 0.717) is 5.56 Å². The summed E-state index contributed by atoms with van der Waals surface area (Å²) in [5.74, 6) is -1.14. The topological polar surface area (TPSA) is 40.1 Å². The van der Waals surface area contributed by atoms with Gasteiger partial charge in [0, 0.05) is 5.56 Å². The van der Waals surface area contributed by atoms with E-state index in [1.54, 1.807) is 18.2 Å². The summed E-state index contributed by atoms with van der Waals surface area (Å²) in [5, 5.41) is 10.9. The van der Waals surface area contributed by atoms with Gasteiger partial charge in [-0.3, -0.25) is 0 Å². The fourth-order valence-electron chi connectivity index (χ4n) is 1.53. The smallest absolute Gasteiger partial charge is 0.545 e. The van der Waals surface area contributed by atoms with Gasteiger partial charge in [0.1, 0.15) is 0 Å². The molecule has 16 heavy (non-hydrogen) atoms. The molecule has 0 spiro atoms. The van der Waals surface area contributed by atoms with Crippen LogP contribution < -0.4 is 24.0 Å². The van der Waals surface area contributed by atoms with Gasteiger partial charge < -0.3 is 9.90 Å². The molecule has 0 atom stereocenters. The average Bonchev–Trinajstić information content (AvgIpc) is 2.30. The predicted molar refractivity (Wildman–Crippen MR) is 56.2 cm³/mol. The van der Waals surface area contributed by atoms with Crippen molar-refractivity contribution in [3.63, 3.8) is 0 Å². The van der Waals surface area contributed by atoms with Crippen LogP contribution in [-0.4, -0.2) is 5.97 Å². The first-order valence-electron chi connectivity index (χ1n) is 4.65. The van der Waals surface area contributed by atoms with Gasteiger partial charge in [0.05, 0.1) is 5.97 Å². The minimum atomic E-state index is -1.14. The third-order valence-corrected chi connectivity index (χ3v) is 2.23. The van der Waals surface area contributed by atoms with E-state index in [2.05, 4.69) is 0 Å². The van der Waals surface area contributed by atoms with Crippen LogP contribution in [0.3, 0.4) is 0 Å². The van der Waals surface area contributed by atoms with E-state index in [0.717, 1.165) is 5.56 Å². The molecule has 0 amide bonds. The number of carbonyl (C=O) groups is 1. The Hall–Kier alpha value is -1.49. The Morgan fingerprint density at radius 2 is 1.44 bits per heavy atom. The second-order valence-electron chi connectivity index (χ2n) is 3.20. The zero-order chi connectivity index (χ0) is 10.7. The number of benzene rings is 2. The molecular weight excluding hydrogens is 195 g/mol. The van der Waals surface area contributed by atoms with Crippen molar-refractivity contribution in [3.8, 4) is 11.1 Å². The zero-order valence-electron chi connectivity index (χ0n) is 9.01. The number of aromatic carboxylic acids is 1. The standard InChI is InChI=1S/C13H10O2.Li/c14-13(15)12-9-5-4-8-11(12)10-6-2-1-3-7-10;/h1-9H,(H,14,15);/q;+1/p-1. The first-order chi connectivity index (χ1) is 7.29. The van der Waals surface area contributed by atoms with Gasteiger partial charge in [-0.05, 0) is 11.1 Å². The fourth-order valence-corrected chi connectivity index (χ4v) is 1.53. The molecule has 74 valence electrons. The Morgan fingerprint density at radius 3 is 2.06 bits per heavy atom. The van der Waals surface area contributed by atoms with Crippen LogP contribution in [0.15, 0.2) is 54.6 Å². The van der Waals surface area contributed by atoms with Gasteiger partial charge in [0.2, 0.25) is 0 Å². The summed E-state index contributed by atoms with van der Waals surface area (Å²) >= 11 is 0. The summed E-state index contributed by atoms with van der Waals surface area (Å²) in [4.78, 5) is 10.9. The molecule has 0 saturated carbocycles. The van der Waals surface area contributed by atoms with E-state index < -0.39 is 5.97 Å². The van der Waals surface area contributed by atoms with Gasteiger partial charge in [-0.15, -0.1) is 0 Å². The summed E-state index contributed by atoms with van der Waals surface area (Å²) in [5.41, 5.74) is 1.80. The fraction of sp³-hybridized carbons (Fsp3) is 0. The maximum absolute atomic E-state index is 10.9. The molecule has 0 N–H and O–H groups in total.